The molecule has 0 spiro atoms. The lowest BCUT2D eigenvalue weighted by molar-refractivity contribution is 0.603. The maximum Gasteiger partial charge on any atom is 0.263 e. The molecule has 0 aromatic heterocycles. The Kier molecular flexibility index (Phi) is 1.08. The van der Waals surface area contributed by atoms with Crippen molar-refractivity contribution >= 4 is 27.3 Å². The maximum absolute atomic E-state index is 10.2. The van der Waals surface area contributed by atoms with E-state index in [1.54, 1.807) is 0 Å². The molecule has 0 amide bonds. The van der Waals surface area contributed by atoms with E-state index in [2.05, 4.69) is 4.40 Å². The second kappa shape index (κ2) is 1.48. The molecule has 1 heterocycles. The molecule has 0 N–H and O–H groups in total. The van der Waals surface area contributed by atoms with Gasteiger partial charge in [0.25, 0.3) is 10.0 Å². The molecule has 0 aromatic carbocycles. The van der Waals surface area contributed by atoms with Crippen molar-refractivity contribution < 1.29 is 8.42 Å². The summed E-state index contributed by atoms with van der Waals surface area (Å²) in [4.78, 5) is 0. The molecule has 0 radical (unpaired) electrons. The molecule has 0 atom stereocenters. The van der Waals surface area contributed by atoms with E-state index in [0.717, 1.165) is 0 Å². The van der Waals surface area contributed by atoms with Gasteiger partial charge in [-0.05, 0) is 0 Å². The summed E-state index contributed by atoms with van der Waals surface area (Å²) in [6, 6.07) is 0. The Morgan fingerprint density at radius 3 is 2.57 bits per heavy atom. The molecule has 1 aliphatic rings. The summed E-state index contributed by atoms with van der Waals surface area (Å²) in [7, 11) is -3.01. The Hall–Kier alpha value is -0.0300. The van der Waals surface area contributed by atoms with Gasteiger partial charge in [-0.3, -0.25) is 0 Å². The van der Waals surface area contributed by atoms with Gasteiger partial charge >= 0.3 is 0 Å². The first-order chi connectivity index (χ1) is 3.21. The van der Waals surface area contributed by atoms with E-state index in [1.807, 2.05) is 0 Å². The van der Waals surface area contributed by atoms with Crippen LogP contribution in [-0.2, 0) is 10.0 Å². The summed E-state index contributed by atoms with van der Waals surface area (Å²) >= 11 is 1.20. The first-order valence-corrected chi connectivity index (χ1v) is 4.25. The van der Waals surface area contributed by atoms with Crippen LogP contribution in [0.1, 0.15) is 0 Å². The topological polar surface area (TPSA) is 46.5 Å². The molecule has 40 valence electrons. The predicted molar refractivity (Wildman–Crippen MR) is 29.9 cm³/mol. The summed E-state index contributed by atoms with van der Waals surface area (Å²) in [6.07, 6.45) is 0. The van der Waals surface area contributed by atoms with E-state index in [1.165, 1.54) is 17.3 Å². The smallest absolute Gasteiger partial charge is 0.204 e. The van der Waals surface area contributed by atoms with Crippen LogP contribution in [0.4, 0.5) is 0 Å². The van der Waals surface area contributed by atoms with E-state index in [4.69, 9.17) is 0 Å². The van der Waals surface area contributed by atoms with E-state index >= 15 is 0 Å². The molecule has 0 aliphatic carbocycles. The van der Waals surface area contributed by atoms with Crippen LogP contribution in [0.2, 0.25) is 0 Å². The quantitative estimate of drug-likeness (QED) is 0.474. The van der Waals surface area contributed by atoms with Crippen LogP contribution >= 0.6 is 11.8 Å². The highest BCUT2D eigenvalue weighted by Gasteiger charge is 2.10. The highest BCUT2D eigenvalue weighted by atomic mass is 32.3. The summed E-state index contributed by atoms with van der Waals surface area (Å²) in [6.45, 7) is 0. The van der Waals surface area contributed by atoms with Crippen molar-refractivity contribution in [1.29, 1.82) is 0 Å². The predicted octanol–water partition coefficient (Wildman–Crippen LogP) is 0.0488. The largest absolute Gasteiger partial charge is 0.263 e. The van der Waals surface area contributed by atoms with Gasteiger partial charge in [-0.2, -0.15) is 4.40 Å². The van der Waals surface area contributed by atoms with Gasteiger partial charge in [-0.25, -0.2) is 8.42 Å². The van der Waals surface area contributed by atoms with Gasteiger partial charge in [-0.1, -0.05) is 11.8 Å². The lowest BCUT2D eigenvalue weighted by atomic mass is 11.7. The van der Waals surface area contributed by atoms with E-state index in [9.17, 15) is 8.42 Å². The Labute approximate surface area is 45.9 Å². The monoisotopic (exact) mass is 137 g/mol. The molecular formula is C2H3NO2S2. The van der Waals surface area contributed by atoms with E-state index < -0.39 is 10.0 Å². The number of thioether (sulfide) groups is 1. The molecule has 1 rings (SSSR count). The zero-order chi connectivity index (χ0) is 5.33. The molecule has 3 nitrogen and oxygen atoms in total. The lowest BCUT2D eigenvalue weighted by Gasteiger charge is -1.77. The van der Waals surface area contributed by atoms with Crippen molar-refractivity contribution in [2.75, 3.05) is 5.08 Å². The minimum Gasteiger partial charge on any atom is -0.204 e. The third kappa shape index (κ3) is 1.17. The van der Waals surface area contributed by atoms with E-state index in [-0.39, 0.29) is 5.08 Å². The minimum atomic E-state index is -3.01. The highest BCUT2D eigenvalue weighted by molar-refractivity contribution is 8.23. The number of nitrogens with zero attached hydrogens (tertiary/aromatic N) is 1. The Morgan fingerprint density at radius 1 is 1.71 bits per heavy atom. The van der Waals surface area contributed by atoms with Crippen LogP contribution in [0.5, 0.6) is 0 Å². The Balaban J connectivity index is 2.99. The van der Waals surface area contributed by atoms with Crippen LogP contribution in [0.3, 0.4) is 0 Å². The van der Waals surface area contributed by atoms with Crippen molar-refractivity contribution in [1.82, 2.24) is 0 Å². The van der Waals surface area contributed by atoms with Gasteiger partial charge in [0.2, 0.25) is 0 Å². The first-order valence-electron chi connectivity index (χ1n) is 1.59. The van der Waals surface area contributed by atoms with Gasteiger partial charge < -0.3 is 0 Å². The van der Waals surface area contributed by atoms with Crippen molar-refractivity contribution in [3.8, 4) is 0 Å². The highest BCUT2D eigenvalue weighted by Crippen LogP contribution is 2.10. The van der Waals surface area contributed by atoms with Gasteiger partial charge in [0, 0.05) is 0 Å². The van der Waals surface area contributed by atoms with Crippen LogP contribution in [0.15, 0.2) is 4.40 Å². The first kappa shape index (κ1) is 5.11. The average molecular weight is 137 g/mol. The standard InChI is InChI=1S/C2H3NO2S2/c4-7(5)2-6-1-3-7/h1H,2H2. The van der Waals surface area contributed by atoms with Crippen molar-refractivity contribution in [3.05, 3.63) is 0 Å². The fourth-order valence-corrected chi connectivity index (χ4v) is 2.19. The van der Waals surface area contributed by atoms with E-state index in [0.29, 0.717) is 0 Å². The fourth-order valence-electron chi connectivity index (χ4n) is 0.243. The fraction of sp³-hybridized carbons (Fsp3) is 0.500. The van der Waals surface area contributed by atoms with Gasteiger partial charge in [0.15, 0.2) is 0 Å². The third-order valence-corrected chi connectivity index (χ3v) is 3.05. The molecule has 7 heavy (non-hydrogen) atoms. The third-order valence-electron chi connectivity index (χ3n) is 0.495. The molecular weight excluding hydrogens is 134 g/mol. The normalized spacial score (nSPS) is 25.7. The van der Waals surface area contributed by atoms with Gasteiger partial charge in [0.1, 0.15) is 5.08 Å². The second-order valence-electron chi connectivity index (χ2n) is 1.08. The molecule has 1 aliphatic heterocycles. The maximum atomic E-state index is 10.2. The number of hydrogen-bond donors (Lipinski definition) is 0. The SMILES string of the molecule is O=S1(=O)CSC=N1. The molecule has 0 bridgehead atoms. The molecule has 0 saturated carbocycles. The summed E-state index contributed by atoms with van der Waals surface area (Å²) in [5.74, 6) is 0. The molecule has 0 fully saturated rings. The summed E-state index contributed by atoms with van der Waals surface area (Å²) in [5, 5.41) is 0.118. The molecule has 5 heteroatoms. The Bertz CT molecular complexity index is 180. The van der Waals surface area contributed by atoms with Crippen molar-refractivity contribution in [2.45, 2.75) is 0 Å². The number of sulfonamides is 1. The van der Waals surface area contributed by atoms with Crippen molar-refractivity contribution in [2.24, 2.45) is 4.40 Å². The van der Waals surface area contributed by atoms with Crippen LogP contribution in [-0.4, -0.2) is 19.0 Å². The minimum absolute atomic E-state index is 0.118. The summed E-state index contributed by atoms with van der Waals surface area (Å²) < 4.78 is 23.6. The van der Waals surface area contributed by atoms with Crippen LogP contribution in [0, 0.1) is 0 Å². The number of rotatable bonds is 0. The zero-order valence-corrected chi connectivity index (χ0v) is 5.00. The van der Waals surface area contributed by atoms with Gasteiger partial charge in [-0.15, -0.1) is 0 Å². The zero-order valence-electron chi connectivity index (χ0n) is 3.36. The van der Waals surface area contributed by atoms with Crippen LogP contribution in [0.25, 0.3) is 0 Å². The van der Waals surface area contributed by atoms with Gasteiger partial charge in [0.05, 0.1) is 5.55 Å². The van der Waals surface area contributed by atoms with Crippen molar-refractivity contribution in [3.63, 3.8) is 0 Å². The summed E-state index contributed by atoms with van der Waals surface area (Å²) in [5.41, 5.74) is 1.34. The second-order valence-corrected chi connectivity index (χ2v) is 3.94. The van der Waals surface area contributed by atoms with Crippen LogP contribution < -0.4 is 0 Å². The molecule has 0 unspecified atom stereocenters. The molecule has 0 aromatic rings. The average Bonchev–Trinajstić information content (AvgIpc) is 1.84. The molecule has 0 saturated heterocycles. The Morgan fingerprint density at radius 2 is 2.43 bits per heavy atom. The number of hydrogen-bond acceptors (Lipinski definition) is 3. The lowest BCUT2D eigenvalue weighted by Crippen LogP contribution is -1.89.